The first-order chi connectivity index (χ1) is 2.56. The lowest BCUT2D eigenvalue weighted by Crippen LogP contribution is -2.12. The molecule has 0 radical (unpaired) electrons. The van der Waals surface area contributed by atoms with Crippen molar-refractivity contribution in [3.8, 4) is 0 Å². The highest BCUT2D eigenvalue weighted by molar-refractivity contribution is 6.47. The summed E-state index contributed by atoms with van der Waals surface area (Å²) < 4.78 is 8.81. The van der Waals surface area contributed by atoms with Gasteiger partial charge in [0, 0.05) is 0 Å². The Morgan fingerprint density at radius 2 is 1.83 bits per heavy atom. The minimum Gasteiger partial charge on any atom is -0.361 e. The second kappa shape index (κ2) is 1.96. The van der Waals surface area contributed by atoms with Gasteiger partial charge < -0.3 is 5.11 Å². The summed E-state index contributed by atoms with van der Waals surface area (Å²) in [5.41, 5.74) is 0. The van der Waals surface area contributed by atoms with Crippen molar-refractivity contribution in [1.29, 1.82) is 0 Å². The first-order valence-electron chi connectivity index (χ1n) is 1.22. The molecular formula is C2H3Cl2FO. The van der Waals surface area contributed by atoms with Crippen molar-refractivity contribution >= 4 is 23.2 Å². The lowest BCUT2D eigenvalue weighted by atomic mass is 10.8. The zero-order valence-electron chi connectivity index (χ0n) is 2.79. The Morgan fingerprint density at radius 3 is 1.83 bits per heavy atom. The minimum absolute atomic E-state index is 1.14. The fraction of sp³-hybridized carbons (Fsp3) is 1.00. The summed E-state index contributed by atoms with van der Waals surface area (Å²) in [7, 11) is 0. The highest BCUT2D eigenvalue weighted by atomic mass is 35.5. The van der Waals surface area contributed by atoms with Gasteiger partial charge in [0.2, 0.25) is 4.52 Å². The van der Waals surface area contributed by atoms with Crippen LogP contribution in [-0.2, 0) is 0 Å². The van der Waals surface area contributed by atoms with Crippen molar-refractivity contribution < 1.29 is 9.50 Å². The molecule has 4 heteroatoms. The van der Waals surface area contributed by atoms with E-state index in [1.54, 1.807) is 0 Å². The van der Waals surface area contributed by atoms with E-state index in [1.165, 1.54) is 0 Å². The Kier molecular flexibility index (Phi) is 2.11. The Labute approximate surface area is 44.7 Å². The van der Waals surface area contributed by atoms with Crippen LogP contribution in [0.1, 0.15) is 0 Å². The molecule has 0 aliphatic heterocycles. The summed E-state index contributed by atoms with van der Waals surface area (Å²) in [4.78, 5) is 0. The molecule has 0 aromatic heterocycles. The molecule has 1 N–H and O–H groups in total. The standard InChI is InChI=1S/C2H3Cl2FO/c3-2(4,6)1-5/h6H,1H2. The van der Waals surface area contributed by atoms with E-state index in [4.69, 9.17) is 5.11 Å². The second-order valence-corrected chi connectivity index (χ2v) is 2.24. The minimum atomic E-state index is -2.18. The van der Waals surface area contributed by atoms with E-state index in [1.807, 2.05) is 0 Å². The summed E-state index contributed by atoms with van der Waals surface area (Å²) in [5.74, 6) is 0. The largest absolute Gasteiger partial charge is 0.361 e. The summed E-state index contributed by atoms with van der Waals surface area (Å²) in [6, 6.07) is 0. The van der Waals surface area contributed by atoms with Crippen molar-refractivity contribution in [3.63, 3.8) is 0 Å². The molecule has 0 amide bonds. The number of hydrogen-bond acceptors (Lipinski definition) is 1. The average molecular weight is 133 g/mol. The van der Waals surface area contributed by atoms with E-state index in [-0.39, 0.29) is 0 Å². The van der Waals surface area contributed by atoms with Gasteiger partial charge in [0.15, 0.2) is 0 Å². The Bertz CT molecular complexity index is 41.3. The van der Waals surface area contributed by atoms with Crippen LogP contribution in [0.4, 0.5) is 4.39 Å². The molecule has 0 aliphatic carbocycles. The molecule has 0 atom stereocenters. The molecule has 38 valence electrons. The molecule has 0 fully saturated rings. The molecule has 0 unspecified atom stereocenters. The number of alkyl halides is 3. The van der Waals surface area contributed by atoms with Gasteiger partial charge in [-0.15, -0.1) is 0 Å². The van der Waals surface area contributed by atoms with Gasteiger partial charge in [-0.1, -0.05) is 23.2 Å². The molecule has 0 rings (SSSR count). The normalized spacial score (nSPS) is 12.0. The van der Waals surface area contributed by atoms with Crippen molar-refractivity contribution in [3.05, 3.63) is 0 Å². The molecule has 6 heavy (non-hydrogen) atoms. The van der Waals surface area contributed by atoms with Gasteiger partial charge in [0.05, 0.1) is 0 Å². The van der Waals surface area contributed by atoms with Crippen LogP contribution >= 0.6 is 23.2 Å². The third-order valence-corrected chi connectivity index (χ3v) is 0.363. The molecule has 0 aromatic rings. The van der Waals surface area contributed by atoms with Crippen molar-refractivity contribution in [1.82, 2.24) is 0 Å². The van der Waals surface area contributed by atoms with E-state index in [2.05, 4.69) is 23.2 Å². The van der Waals surface area contributed by atoms with Crippen LogP contribution in [0.15, 0.2) is 0 Å². The van der Waals surface area contributed by atoms with Crippen LogP contribution in [0.25, 0.3) is 0 Å². The van der Waals surface area contributed by atoms with E-state index >= 15 is 0 Å². The number of halogens is 3. The zero-order valence-corrected chi connectivity index (χ0v) is 4.30. The Hall–Kier alpha value is 0.470. The van der Waals surface area contributed by atoms with Crippen molar-refractivity contribution in [2.24, 2.45) is 0 Å². The van der Waals surface area contributed by atoms with Crippen LogP contribution in [0.3, 0.4) is 0 Å². The van der Waals surface area contributed by atoms with Gasteiger partial charge in [-0.05, 0) is 0 Å². The second-order valence-electron chi connectivity index (χ2n) is 0.799. The Morgan fingerprint density at radius 1 is 1.67 bits per heavy atom. The third kappa shape index (κ3) is 4.47. The lowest BCUT2D eigenvalue weighted by molar-refractivity contribution is 0.175. The summed E-state index contributed by atoms with van der Waals surface area (Å²) >= 11 is 9.33. The van der Waals surface area contributed by atoms with E-state index < -0.39 is 11.2 Å². The Balaban J connectivity index is 3.17. The van der Waals surface area contributed by atoms with Crippen molar-refractivity contribution in [2.45, 2.75) is 4.52 Å². The van der Waals surface area contributed by atoms with E-state index in [0.717, 1.165) is 0 Å². The zero-order chi connectivity index (χ0) is 5.21. The SMILES string of the molecule is OC(Cl)(Cl)CF. The predicted molar refractivity (Wildman–Crippen MR) is 22.6 cm³/mol. The van der Waals surface area contributed by atoms with E-state index in [0.29, 0.717) is 0 Å². The maximum absolute atomic E-state index is 11.0. The molecule has 1 nitrogen and oxygen atoms in total. The van der Waals surface area contributed by atoms with Crippen LogP contribution in [-0.4, -0.2) is 16.3 Å². The average Bonchev–Trinajstić information content (AvgIpc) is 1.35. The number of hydrogen-bond donors (Lipinski definition) is 1. The van der Waals surface area contributed by atoms with Crippen LogP contribution in [0.5, 0.6) is 0 Å². The number of aliphatic hydroxyl groups is 1. The topological polar surface area (TPSA) is 20.2 Å². The molecule has 0 aliphatic rings. The van der Waals surface area contributed by atoms with E-state index in [9.17, 15) is 4.39 Å². The van der Waals surface area contributed by atoms with Gasteiger partial charge in [-0.3, -0.25) is 0 Å². The van der Waals surface area contributed by atoms with Crippen LogP contribution in [0.2, 0.25) is 0 Å². The summed E-state index contributed by atoms with van der Waals surface area (Å²) in [6.45, 7) is -1.14. The summed E-state index contributed by atoms with van der Waals surface area (Å²) in [6.07, 6.45) is 0. The molecule has 0 aromatic carbocycles. The highest BCUT2D eigenvalue weighted by Crippen LogP contribution is 2.15. The smallest absolute Gasteiger partial charge is 0.243 e. The maximum atomic E-state index is 11.0. The highest BCUT2D eigenvalue weighted by Gasteiger charge is 2.16. The lowest BCUT2D eigenvalue weighted by Gasteiger charge is -2.01. The van der Waals surface area contributed by atoms with Gasteiger partial charge in [0.25, 0.3) is 0 Å². The fourth-order valence-electron chi connectivity index (χ4n) is 0. The van der Waals surface area contributed by atoms with Crippen LogP contribution in [0, 0.1) is 0 Å². The molecule has 0 bridgehead atoms. The molecule has 0 saturated carbocycles. The quantitative estimate of drug-likeness (QED) is 0.530. The third-order valence-electron chi connectivity index (χ3n) is 0.161. The molecular weight excluding hydrogens is 130 g/mol. The predicted octanol–water partition coefficient (Wildman–Crippen LogP) is 1.08. The first kappa shape index (κ1) is 6.47. The van der Waals surface area contributed by atoms with Crippen LogP contribution < -0.4 is 0 Å². The fourth-order valence-corrected chi connectivity index (χ4v) is 0. The monoisotopic (exact) mass is 132 g/mol. The van der Waals surface area contributed by atoms with Gasteiger partial charge in [-0.25, -0.2) is 4.39 Å². The van der Waals surface area contributed by atoms with Crippen molar-refractivity contribution in [2.75, 3.05) is 6.67 Å². The first-order valence-corrected chi connectivity index (χ1v) is 1.98. The molecule has 0 saturated heterocycles. The molecule has 0 spiro atoms. The maximum Gasteiger partial charge on any atom is 0.243 e. The summed E-state index contributed by atoms with van der Waals surface area (Å²) in [5, 5.41) is 7.98. The molecule has 0 heterocycles. The van der Waals surface area contributed by atoms with Gasteiger partial charge in [0.1, 0.15) is 6.67 Å². The number of rotatable bonds is 1. The van der Waals surface area contributed by atoms with Gasteiger partial charge in [-0.2, -0.15) is 0 Å². The van der Waals surface area contributed by atoms with Gasteiger partial charge >= 0.3 is 0 Å².